The molecular formula is C13H15N. The molecule has 0 unspecified atom stereocenters. The van der Waals surface area contributed by atoms with Crippen LogP contribution in [0.25, 0.3) is 0 Å². The average Bonchev–Trinajstić information content (AvgIpc) is 2.26. The molecule has 0 bridgehead atoms. The number of fused-ring (bicyclic) bond motifs is 1. The van der Waals surface area contributed by atoms with Crippen molar-refractivity contribution in [1.29, 1.82) is 0 Å². The Morgan fingerprint density at radius 2 is 2.07 bits per heavy atom. The fraction of sp³-hybridized carbons (Fsp3) is 0.385. The van der Waals surface area contributed by atoms with Crippen LogP contribution in [0.15, 0.2) is 24.3 Å². The number of benzene rings is 1. The molecule has 0 aliphatic carbocycles. The SMILES string of the molecule is CC#CCN1CCc2ccccc2C1. The Bertz CT molecular complexity index is 370. The molecule has 1 heterocycles. The molecule has 14 heavy (non-hydrogen) atoms. The van der Waals surface area contributed by atoms with Crippen LogP contribution < -0.4 is 0 Å². The molecule has 0 fully saturated rings. The molecule has 0 radical (unpaired) electrons. The van der Waals surface area contributed by atoms with Gasteiger partial charge in [0.1, 0.15) is 0 Å². The highest BCUT2D eigenvalue weighted by atomic mass is 15.1. The lowest BCUT2D eigenvalue weighted by Gasteiger charge is -2.26. The number of nitrogens with zero attached hydrogens (tertiary/aromatic N) is 1. The van der Waals surface area contributed by atoms with Crippen LogP contribution in [0.1, 0.15) is 18.1 Å². The predicted molar refractivity (Wildman–Crippen MR) is 58.9 cm³/mol. The van der Waals surface area contributed by atoms with Crippen LogP contribution in [0.4, 0.5) is 0 Å². The van der Waals surface area contributed by atoms with Crippen molar-refractivity contribution >= 4 is 0 Å². The zero-order valence-electron chi connectivity index (χ0n) is 8.59. The fourth-order valence-electron chi connectivity index (χ4n) is 1.88. The van der Waals surface area contributed by atoms with E-state index < -0.39 is 0 Å². The lowest BCUT2D eigenvalue weighted by atomic mass is 10.0. The van der Waals surface area contributed by atoms with Gasteiger partial charge in [-0.1, -0.05) is 30.2 Å². The average molecular weight is 185 g/mol. The molecule has 1 aromatic carbocycles. The monoisotopic (exact) mass is 185 g/mol. The molecule has 0 saturated heterocycles. The third-order valence-corrected chi connectivity index (χ3v) is 2.69. The topological polar surface area (TPSA) is 3.24 Å². The molecule has 72 valence electrons. The number of rotatable bonds is 1. The van der Waals surface area contributed by atoms with E-state index in [2.05, 4.69) is 41.0 Å². The summed E-state index contributed by atoms with van der Waals surface area (Å²) in [6.45, 7) is 5.01. The van der Waals surface area contributed by atoms with Gasteiger partial charge in [0.25, 0.3) is 0 Å². The standard InChI is InChI=1S/C13H15N/c1-2-3-9-14-10-8-12-6-4-5-7-13(12)11-14/h4-7H,8-11H2,1H3. The van der Waals surface area contributed by atoms with E-state index in [0.29, 0.717) is 0 Å². The summed E-state index contributed by atoms with van der Waals surface area (Å²) in [5, 5.41) is 0. The zero-order chi connectivity index (χ0) is 9.80. The van der Waals surface area contributed by atoms with E-state index in [4.69, 9.17) is 0 Å². The van der Waals surface area contributed by atoms with Gasteiger partial charge in [-0.2, -0.15) is 0 Å². The van der Waals surface area contributed by atoms with Crippen LogP contribution in [-0.2, 0) is 13.0 Å². The fourth-order valence-corrected chi connectivity index (χ4v) is 1.88. The number of hydrogen-bond acceptors (Lipinski definition) is 1. The lowest BCUT2D eigenvalue weighted by Crippen LogP contribution is -2.30. The van der Waals surface area contributed by atoms with E-state index in [1.165, 1.54) is 17.5 Å². The van der Waals surface area contributed by atoms with Crippen molar-refractivity contribution in [2.45, 2.75) is 19.9 Å². The van der Waals surface area contributed by atoms with Gasteiger partial charge in [-0.15, -0.1) is 5.92 Å². The van der Waals surface area contributed by atoms with Crippen LogP contribution >= 0.6 is 0 Å². The van der Waals surface area contributed by atoms with Gasteiger partial charge in [0.05, 0.1) is 6.54 Å². The van der Waals surface area contributed by atoms with Crippen molar-refractivity contribution < 1.29 is 0 Å². The maximum atomic E-state index is 3.12. The Labute approximate surface area is 85.7 Å². The summed E-state index contributed by atoms with van der Waals surface area (Å²) in [4.78, 5) is 2.40. The lowest BCUT2D eigenvalue weighted by molar-refractivity contribution is 0.286. The Hall–Kier alpha value is -1.26. The van der Waals surface area contributed by atoms with Crippen LogP contribution in [0.5, 0.6) is 0 Å². The molecular weight excluding hydrogens is 170 g/mol. The first-order valence-electron chi connectivity index (χ1n) is 5.09. The molecule has 2 rings (SSSR count). The molecule has 1 aliphatic rings. The zero-order valence-corrected chi connectivity index (χ0v) is 8.59. The smallest absolute Gasteiger partial charge is 0.0604 e. The van der Waals surface area contributed by atoms with Crippen LogP contribution in [0.3, 0.4) is 0 Å². The summed E-state index contributed by atoms with van der Waals surface area (Å²) in [7, 11) is 0. The summed E-state index contributed by atoms with van der Waals surface area (Å²) in [6, 6.07) is 8.70. The van der Waals surface area contributed by atoms with Gasteiger partial charge in [0.2, 0.25) is 0 Å². The van der Waals surface area contributed by atoms with E-state index in [1.54, 1.807) is 0 Å². The van der Waals surface area contributed by atoms with Crippen LogP contribution in [0.2, 0.25) is 0 Å². The molecule has 1 aromatic rings. The third-order valence-electron chi connectivity index (χ3n) is 2.69. The molecule has 1 aliphatic heterocycles. The normalized spacial score (nSPS) is 15.5. The Morgan fingerprint density at radius 1 is 1.29 bits per heavy atom. The Balaban J connectivity index is 2.08. The van der Waals surface area contributed by atoms with Crippen molar-refractivity contribution in [3.8, 4) is 11.8 Å². The summed E-state index contributed by atoms with van der Waals surface area (Å²) in [5.74, 6) is 6.07. The molecule has 0 N–H and O–H groups in total. The first kappa shape index (κ1) is 9.30. The quantitative estimate of drug-likeness (QED) is 0.605. The van der Waals surface area contributed by atoms with Gasteiger partial charge in [0.15, 0.2) is 0 Å². The summed E-state index contributed by atoms with van der Waals surface area (Å²) in [6.07, 6.45) is 1.17. The second-order valence-electron chi connectivity index (χ2n) is 3.66. The summed E-state index contributed by atoms with van der Waals surface area (Å²) >= 11 is 0. The highest BCUT2D eigenvalue weighted by Crippen LogP contribution is 2.17. The molecule has 0 spiro atoms. The molecule has 0 amide bonds. The maximum absolute atomic E-state index is 3.12. The first-order valence-corrected chi connectivity index (χ1v) is 5.09. The van der Waals surface area contributed by atoms with Gasteiger partial charge < -0.3 is 0 Å². The number of hydrogen-bond donors (Lipinski definition) is 0. The summed E-state index contributed by atoms with van der Waals surface area (Å²) < 4.78 is 0. The second-order valence-corrected chi connectivity index (χ2v) is 3.66. The van der Waals surface area contributed by atoms with Gasteiger partial charge in [0, 0.05) is 13.1 Å². The predicted octanol–water partition coefficient (Wildman–Crippen LogP) is 2.07. The van der Waals surface area contributed by atoms with Crippen molar-refractivity contribution in [3.63, 3.8) is 0 Å². The molecule has 0 saturated carbocycles. The minimum atomic E-state index is 0.908. The van der Waals surface area contributed by atoms with Crippen molar-refractivity contribution in [2.75, 3.05) is 13.1 Å². The van der Waals surface area contributed by atoms with Gasteiger partial charge in [-0.05, 0) is 24.5 Å². The van der Waals surface area contributed by atoms with Gasteiger partial charge in [-0.3, -0.25) is 4.90 Å². The van der Waals surface area contributed by atoms with E-state index >= 15 is 0 Å². The summed E-state index contributed by atoms with van der Waals surface area (Å²) in [5.41, 5.74) is 2.98. The second kappa shape index (κ2) is 4.30. The first-order chi connectivity index (χ1) is 6.90. The highest BCUT2D eigenvalue weighted by Gasteiger charge is 2.13. The molecule has 1 nitrogen and oxygen atoms in total. The van der Waals surface area contributed by atoms with Crippen LogP contribution in [-0.4, -0.2) is 18.0 Å². The van der Waals surface area contributed by atoms with Gasteiger partial charge >= 0.3 is 0 Å². The highest BCUT2D eigenvalue weighted by molar-refractivity contribution is 5.29. The minimum Gasteiger partial charge on any atom is -0.288 e. The van der Waals surface area contributed by atoms with Crippen LogP contribution in [0, 0.1) is 11.8 Å². The van der Waals surface area contributed by atoms with Crippen molar-refractivity contribution in [3.05, 3.63) is 35.4 Å². The third kappa shape index (κ3) is 1.97. The van der Waals surface area contributed by atoms with E-state index in [-0.39, 0.29) is 0 Å². The van der Waals surface area contributed by atoms with E-state index in [1.807, 2.05) is 6.92 Å². The van der Waals surface area contributed by atoms with Crippen molar-refractivity contribution in [2.24, 2.45) is 0 Å². The van der Waals surface area contributed by atoms with Crippen molar-refractivity contribution in [1.82, 2.24) is 4.90 Å². The molecule has 0 aromatic heterocycles. The van der Waals surface area contributed by atoms with E-state index in [0.717, 1.165) is 19.6 Å². The van der Waals surface area contributed by atoms with E-state index in [9.17, 15) is 0 Å². The Kier molecular flexibility index (Phi) is 2.86. The molecule has 0 atom stereocenters. The largest absolute Gasteiger partial charge is 0.288 e. The van der Waals surface area contributed by atoms with Gasteiger partial charge in [-0.25, -0.2) is 0 Å². The minimum absolute atomic E-state index is 0.908. The Morgan fingerprint density at radius 3 is 2.86 bits per heavy atom. The molecule has 1 heteroatoms. The maximum Gasteiger partial charge on any atom is 0.0604 e.